The van der Waals surface area contributed by atoms with Gasteiger partial charge in [-0.1, -0.05) is 0 Å². The van der Waals surface area contributed by atoms with Crippen molar-refractivity contribution in [3.05, 3.63) is 23.7 Å². The summed E-state index contributed by atoms with van der Waals surface area (Å²) in [4.78, 5) is 13.3. The van der Waals surface area contributed by atoms with E-state index in [-0.39, 0.29) is 24.6 Å². The van der Waals surface area contributed by atoms with Crippen LogP contribution in [0.5, 0.6) is 0 Å². The minimum absolute atomic E-state index is 0.0942. The first-order chi connectivity index (χ1) is 10.7. The Labute approximate surface area is 132 Å². The summed E-state index contributed by atoms with van der Waals surface area (Å²) < 4.78 is 47.6. The third-order valence-electron chi connectivity index (χ3n) is 4.33. The Kier molecular flexibility index (Phi) is 5.36. The van der Waals surface area contributed by atoms with Gasteiger partial charge in [-0.25, -0.2) is 4.79 Å². The quantitative estimate of drug-likeness (QED) is 0.857. The lowest BCUT2D eigenvalue weighted by Crippen LogP contribution is -2.43. The summed E-state index contributed by atoms with van der Waals surface area (Å²) in [7, 11) is 1.25. The number of halogens is 3. The van der Waals surface area contributed by atoms with Crippen LogP contribution in [0.4, 0.5) is 13.2 Å². The normalized spacial score (nSPS) is 20.3. The lowest BCUT2D eigenvalue weighted by atomic mass is 9.90. The Morgan fingerprint density at radius 2 is 2.00 bits per heavy atom. The van der Waals surface area contributed by atoms with E-state index in [1.807, 2.05) is 11.8 Å². The molecule has 0 aromatic carbocycles. The van der Waals surface area contributed by atoms with Gasteiger partial charge in [-0.2, -0.15) is 13.2 Å². The van der Waals surface area contributed by atoms with Gasteiger partial charge in [0.25, 0.3) is 0 Å². The molecule has 0 aliphatic carbocycles. The van der Waals surface area contributed by atoms with Gasteiger partial charge in [0.1, 0.15) is 5.76 Å². The van der Waals surface area contributed by atoms with E-state index in [0.29, 0.717) is 18.8 Å². The maximum absolute atomic E-state index is 12.5. The summed E-state index contributed by atoms with van der Waals surface area (Å²) in [5.41, 5.74) is 0. The summed E-state index contributed by atoms with van der Waals surface area (Å²) in [6, 6.07) is 3.00. The Morgan fingerprint density at radius 3 is 2.52 bits per heavy atom. The number of methoxy groups -OCH3 is 1. The minimum atomic E-state index is -4.57. The largest absolute Gasteiger partial charge is 0.463 e. The van der Waals surface area contributed by atoms with Gasteiger partial charge in [-0.3, -0.25) is 4.90 Å². The van der Waals surface area contributed by atoms with E-state index < -0.39 is 24.2 Å². The molecule has 2 atom stereocenters. The number of alkyl halides is 3. The molecule has 1 N–H and O–H groups in total. The van der Waals surface area contributed by atoms with Gasteiger partial charge in [-0.05, 0) is 50.9 Å². The fraction of sp³-hybridized carbons (Fsp3) is 0.667. The molecule has 1 saturated heterocycles. The highest BCUT2D eigenvalue weighted by molar-refractivity contribution is 5.86. The first-order valence-electron chi connectivity index (χ1n) is 7.41. The highest BCUT2D eigenvalue weighted by atomic mass is 19.4. The van der Waals surface area contributed by atoms with E-state index in [1.54, 1.807) is 6.07 Å². The number of rotatable bonds is 4. The van der Waals surface area contributed by atoms with Crippen LogP contribution in [0.15, 0.2) is 16.5 Å². The number of aliphatic hydroxyl groups excluding tert-OH is 1. The van der Waals surface area contributed by atoms with Crippen LogP contribution in [0.2, 0.25) is 0 Å². The molecule has 1 aliphatic rings. The Balaban J connectivity index is 1.94. The monoisotopic (exact) mass is 335 g/mol. The van der Waals surface area contributed by atoms with Crippen molar-refractivity contribution >= 4 is 5.97 Å². The van der Waals surface area contributed by atoms with E-state index in [1.165, 1.54) is 13.2 Å². The van der Waals surface area contributed by atoms with Crippen molar-refractivity contribution in [3.8, 4) is 0 Å². The van der Waals surface area contributed by atoms with Crippen molar-refractivity contribution in [1.82, 2.24) is 4.90 Å². The van der Waals surface area contributed by atoms with Crippen molar-refractivity contribution in [2.75, 3.05) is 20.2 Å². The van der Waals surface area contributed by atoms with Crippen LogP contribution >= 0.6 is 0 Å². The van der Waals surface area contributed by atoms with Gasteiger partial charge in [-0.15, -0.1) is 0 Å². The van der Waals surface area contributed by atoms with Crippen LogP contribution < -0.4 is 0 Å². The molecule has 0 spiro atoms. The van der Waals surface area contributed by atoms with Crippen molar-refractivity contribution in [3.63, 3.8) is 0 Å². The van der Waals surface area contributed by atoms with Crippen LogP contribution in [0, 0.1) is 5.92 Å². The van der Waals surface area contributed by atoms with Crippen molar-refractivity contribution in [1.29, 1.82) is 0 Å². The number of hydrogen-bond donors (Lipinski definition) is 1. The predicted molar refractivity (Wildman–Crippen MR) is 74.8 cm³/mol. The van der Waals surface area contributed by atoms with E-state index in [2.05, 4.69) is 4.74 Å². The van der Waals surface area contributed by atoms with Crippen LogP contribution in [0.3, 0.4) is 0 Å². The van der Waals surface area contributed by atoms with Gasteiger partial charge in [0.2, 0.25) is 5.76 Å². The molecule has 0 amide bonds. The zero-order chi connectivity index (χ0) is 17.2. The number of carbonyl (C=O) groups is 1. The maximum Gasteiger partial charge on any atom is 0.414 e. The van der Waals surface area contributed by atoms with Crippen LogP contribution in [-0.2, 0) is 4.74 Å². The smallest absolute Gasteiger partial charge is 0.414 e. The summed E-state index contributed by atoms with van der Waals surface area (Å²) in [5, 5.41) is 9.33. The molecule has 8 heteroatoms. The Bertz CT molecular complexity index is 535. The maximum atomic E-state index is 12.5. The summed E-state index contributed by atoms with van der Waals surface area (Å²) in [6.07, 6.45) is -6.32. The molecule has 2 unspecified atom stereocenters. The SMILES string of the molecule is COC(=O)c1ccc(C(C)N2CCC(C(O)C(F)(F)F)CC2)o1. The number of piperidine rings is 1. The van der Waals surface area contributed by atoms with Gasteiger partial charge < -0.3 is 14.3 Å². The van der Waals surface area contributed by atoms with Crippen LogP contribution in [0.1, 0.15) is 42.1 Å². The first-order valence-corrected chi connectivity index (χ1v) is 7.41. The third kappa shape index (κ3) is 4.06. The highest BCUT2D eigenvalue weighted by Gasteiger charge is 2.44. The number of nitrogens with zero attached hydrogens (tertiary/aromatic N) is 1. The van der Waals surface area contributed by atoms with Gasteiger partial charge >= 0.3 is 12.1 Å². The average Bonchev–Trinajstić information content (AvgIpc) is 3.02. The number of hydrogen-bond acceptors (Lipinski definition) is 5. The summed E-state index contributed by atoms with van der Waals surface area (Å²) in [6.45, 7) is 2.71. The number of ether oxygens (including phenoxy) is 1. The highest BCUT2D eigenvalue weighted by Crippen LogP contribution is 2.34. The molecule has 1 fully saturated rings. The molecule has 0 saturated carbocycles. The van der Waals surface area contributed by atoms with E-state index in [0.717, 1.165) is 0 Å². The second kappa shape index (κ2) is 6.92. The van der Waals surface area contributed by atoms with E-state index in [4.69, 9.17) is 4.42 Å². The molecule has 23 heavy (non-hydrogen) atoms. The van der Waals surface area contributed by atoms with Crippen LogP contribution in [0.25, 0.3) is 0 Å². The fourth-order valence-corrected chi connectivity index (χ4v) is 2.86. The molecular weight excluding hydrogens is 315 g/mol. The van der Waals surface area contributed by atoms with E-state index in [9.17, 15) is 23.1 Å². The molecule has 0 bridgehead atoms. The molecule has 1 aliphatic heterocycles. The van der Waals surface area contributed by atoms with Crippen molar-refractivity contribution in [2.45, 2.75) is 38.1 Å². The summed E-state index contributed by atoms with van der Waals surface area (Å²) >= 11 is 0. The van der Waals surface area contributed by atoms with Gasteiger partial charge in [0, 0.05) is 0 Å². The number of carbonyl (C=O) groups excluding carboxylic acids is 1. The van der Waals surface area contributed by atoms with Gasteiger partial charge in [0.05, 0.1) is 13.2 Å². The molecule has 1 aromatic heterocycles. The second-order valence-electron chi connectivity index (χ2n) is 5.73. The van der Waals surface area contributed by atoms with Crippen LogP contribution in [-0.4, -0.2) is 48.5 Å². The molecule has 5 nitrogen and oxygen atoms in total. The van der Waals surface area contributed by atoms with E-state index >= 15 is 0 Å². The predicted octanol–water partition coefficient (Wildman–Crippen LogP) is 2.76. The molecular formula is C15H20F3NO4. The molecule has 0 radical (unpaired) electrons. The molecule has 2 rings (SSSR count). The third-order valence-corrected chi connectivity index (χ3v) is 4.33. The number of furan rings is 1. The number of likely N-dealkylation sites (tertiary alicyclic amines) is 1. The minimum Gasteiger partial charge on any atom is -0.463 e. The van der Waals surface area contributed by atoms with Gasteiger partial charge in [0.15, 0.2) is 6.10 Å². The molecule has 1 aromatic rings. The first kappa shape index (κ1) is 17.8. The standard InChI is InChI=1S/C15H20F3NO4/c1-9(11-3-4-12(23-11)14(21)22-2)19-7-5-10(6-8-19)13(20)15(16,17)18/h3-4,9-10,13,20H,5-8H2,1-2H3. The topological polar surface area (TPSA) is 62.9 Å². The zero-order valence-electron chi connectivity index (χ0n) is 13.0. The zero-order valence-corrected chi connectivity index (χ0v) is 13.0. The number of aliphatic hydroxyl groups is 1. The fourth-order valence-electron chi connectivity index (χ4n) is 2.86. The lowest BCUT2D eigenvalue weighted by molar-refractivity contribution is -0.223. The van der Waals surface area contributed by atoms with Crippen molar-refractivity contribution < 1.29 is 32.2 Å². The summed E-state index contributed by atoms with van der Waals surface area (Å²) in [5.74, 6) is -0.701. The lowest BCUT2D eigenvalue weighted by Gasteiger charge is -2.37. The Morgan fingerprint density at radius 1 is 1.39 bits per heavy atom. The molecule has 2 heterocycles. The average molecular weight is 335 g/mol. The molecule has 130 valence electrons. The Hall–Kier alpha value is -1.54. The second-order valence-corrected chi connectivity index (χ2v) is 5.73. The number of esters is 1. The van der Waals surface area contributed by atoms with Crippen molar-refractivity contribution in [2.24, 2.45) is 5.92 Å².